The molecule has 0 aromatic heterocycles. The van der Waals surface area contributed by atoms with Crippen LogP contribution in [-0.2, 0) is 4.74 Å². The number of esters is 1. The molecule has 3 rings (SSSR count). The zero-order valence-electron chi connectivity index (χ0n) is 15.3. The number of carbonyl (C=O) groups excluding carboxylic acids is 2. The molecule has 1 fully saturated rings. The number of nitrogens with zero attached hydrogens (tertiary/aromatic N) is 1. The molecule has 0 aliphatic heterocycles. The van der Waals surface area contributed by atoms with Gasteiger partial charge in [-0.1, -0.05) is 12.1 Å². The summed E-state index contributed by atoms with van der Waals surface area (Å²) in [5.41, 5.74) is 1.42. The van der Waals surface area contributed by atoms with E-state index in [9.17, 15) is 9.59 Å². The van der Waals surface area contributed by atoms with Crippen molar-refractivity contribution in [2.45, 2.75) is 25.8 Å². The zero-order chi connectivity index (χ0) is 18.7. The minimum Gasteiger partial charge on any atom is -0.497 e. The third-order valence-corrected chi connectivity index (χ3v) is 4.84. The van der Waals surface area contributed by atoms with Crippen molar-refractivity contribution in [3.05, 3.63) is 59.7 Å². The summed E-state index contributed by atoms with van der Waals surface area (Å²) >= 11 is 0. The average molecular weight is 353 g/mol. The Morgan fingerprint density at radius 1 is 1.00 bits per heavy atom. The molecule has 0 spiro atoms. The van der Waals surface area contributed by atoms with Gasteiger partial charge in [-0.2, -0.15) is 0 Å². The topological polar surface area (TPSA) is 55.8 Å². The second-order valence-electron chi connectivity index (χ2n) is 6.49. The van der Waals surface area contributed by atoms with E-state index in [1.807, 2.05) is 24.3 Å². The molecule has 0 bridgehead atoms. The van der Waals surface area contributed by atoms with Crippen molar-refractivity contribution in [2.75, 3.05) is 19.1 Å². The van der Waals surface area contributed by atoms with E-state index in [2.05, 4.69) is 6.92 Å². The number of hydrogen-bond donors (Lipinski definition) is 0. The second kappa shape index (κ2) is 7.60. The van der Waals surface area contributed by atoms with Gasteiger partial charge in [-0.3, -0.25) is 4.79 Å². The molecule has 136 valence electrons. The van der Waals surface area contributed by atoms with E-state index in [0.29, 0.717) is 11.5 Å². The largest absolute Gasteiger partial charge is 0.497 e. The van der Waals surface area contributed by atoms with Crippen LogP contribution in [0.2, 0.25) is 0 Å². The van der Waals surface area contributed by atoms with Crippen molar-refractivity contribution in [3.8, 4) is 5.75 Å². The van der Waals surface area contributed by atoms with Crippen LogP contribution in [0.25, 0.3) is 0 Å². The van der Waals surface area contributed by atoms with Crippen molar-refractivity contribution in [3.63, 3.8) is 0 Å². The second-order valence-corrected chi connectivity index (χ2v) is 6.49. The normalized spacial score (nSPS) is 14.4. The van der Waals surface area contributed by atoms with Gasteiger partial charge < -0.3 is 14.4 Å². The van der Waals surface area contributed by atoms with Crippen LogP contribution in [0.1, 0.15) is 40.5 Å². The fourth-order valence-corrected chi connectivity index (χ4v) is 3.16. The number of rotatable bonds is 6. The predicted octanol–water partition coefficient (Wildman–Crippen LogP) is 3.93. The van der Waals surface area contributed by atoms with Crippen LogP contribution in [0.15, 0.2) is 48.5 Å². The summed E-state index contributed by atoms with van der Waals surface area (Å²) in [5.74, 6) is 0.500. The van der Waals surface area contributed by atoms with Gasteiger partial charge in [0.05, 0.1) is 25.3 Å². The maximum atomic E-state index is 13.4. The Kier molecular flexibility index (Phi) is 5.26. The van der Waals surface area contributed by atoms with Crippen molar-refractivity contribution in [1.82, 2.24) is 0 Å². The molecule has 0 radical (unpaired) electrons. The highest BCUT2D eigenvalue weighted by atomic mass is 16.5. The molecule has 1 atom stereocenters. The number of benzene rings is 2. The highest BCUT2D eigenvalue weighted by molar-refractivity contribution is 6.12. The van der Waals surface area contributed by atoms with Gasteiger partial charge in [0.1, 0.15) is 5.75 Å². The Labute approximate surface area is 153 Å². The van der Waals surface area contributed by atoms with E-state index >= 15 is 0 Å². The van der Waals surface area contributed by atoms with Crippen LogP contribution in [-0.4, -0.2) is 32.1 Å². The van der Waals surface area contributed by atoms with Crippen LogP contribution in [0.4, 0.5) is 5.69 Å². The Morgan fingerprint density at radius 2 is 1.62 bits per heavy atom. The van der Waals surface area contributed by atoms with E-state index in [1.165, 1.54) is 7.11 Å². The smallest absolute Gasteiger partial charge is 0.338 e. The molecule has 2 aromatic rings. The molecule has 1 saturated carbocycles. The van der Waals surface area contributed by atoms with Gasteiger partial charge in [0.15, 0.2) is 0 Å². The van der Waals surface area contributed by atoms with Crippen molar-refractivity contribution in [2.24, 2.45) is 5.92 Å². The molecule has 5 nitrogen and oxygen atoms in total. The van der Waals surface area contributed by atoms with Crippen LogP contribution in [0, 0.1) is 5.92 Å². The van der Waals surface area contributed by atoms with Gasteiger partial charge in [-0.15, -0.1) is 0 Å². The molecule has 1 aliphatic rings. The average Bonchev–Trinajstić information content (AvgIpc) is 3.53. The van der Waals surface area contributed by atoms with Crippen LogP contribution in [0.5, 0.6) is 5.75 Å². The Hall–Kier alpha value is -2.82. The number of hydrogen-bond acceptors (Lipinski definition) is 4. The third kappa shape index (κ3) is 3.57. The lowest BCUT2D eigenvalue weighted by Crippen LogP contribution is -2.40. The molecular weight excluding hydrogens is 330 g/mol. The van der Waals surface area contributed by atoms with E-state index < -0.39 is 5.97 Å². The van der Waals surface area contributed by atoms with Crippen molar-refractivity contribution < 1.29 is 19.1 Å². The first kappa shape index (κ1) is 18.0. The molecule has 1 unspecified atom stereocenters. The number of carbonyl (C=O) groups is 2. The summed E-state index contributed by atoms with van der Waals surface area (Å²) in [5, 5.41) is 0. The number of methoxy groups -OCH3 is 2. The van der Waals surface area contributed by atoms with Crippen LogP contribution in [0.3, 0.4) is 0 Å². The first-order valence-corrected chi connectivity index (χ1v) is 8.71. The third-order valence-electron chi connectivity index (χ3n) is 4.84. The van der Waals surface area contributed by atoms with E-state index in [0.717, 1.165) is 24.3 Å². The van der Waals surface area contributed by atoms with Gasteiger partial charge in [0.2, 0.25) is 0 Å². The predicted molar refractivity (Wildman–Crippen MR) is 99.8 cm³/mol. The van der Waals surface area contributed by atoms with Gasteiger partial charge in [0, 0.05) is 11.7 Å². The fourth-order valence-electron chi connectivity index (χ4n) is 3.16. The summed E-state index contributed by atoms with van der Waals surface area (Å²) in [6.45, 7) is 2.06. The number of amides is 1. The highest BCUT2D eigenvalue weighted by Gasteiger charge is 2.36. The first-order chi connectivity index (χ1) is 12.6. The molecule has 0 N–H and O–H groups in total. The SMILES string of the molecule is COC(=O)c1ccccc1C(=O)N(c1ccc(OC)cc1)C(C)C1CC1. The number of anilines is 1. The Bertz CT molecular complexity index is 796. The van der Waals surface area contributed by atoms with Gasteiger partial charge in [0.25, 0.3) is 5.91 Å². The summed E-state index contributed by atoms with van der Waals surface area (Å²) in [6.07, 6.45) is 2.22. The summed E-state index contributed by atoms with van der Waals surface area (Å²) in [6, 6.07) is 14.2. The van der Waals surface area contributed by atoms with E-state index in [4.69, 9.17) is 9.47 Å². The van der Waals surface area contributed by atoms with Gasteiger partial charge in [-0.25, -0.2) is 4.79 Å². The zero-order valence-corrected chi connectivity index (χ0v) is 15.3. The number of ether oxygens (including phenoxy) is 2. The van der Waals surface area contributed by atoms with Crippen molar-refractivity contribution in [1.29, 1.82) is 0 Å². The van der Waals surface area contributed by atoms with Crippen LogP contribution >= 0.6 is 0 Å². The molecular formula is C21H23NO4. The summed E-state index contributed by atoms with van der Waals surface area (Å²) in [4.78, 5) is 27.3. The molecule has 5 heteroatoms. The van der Waals surface area contributed by atoms with Crippen molar-refractivity contribution >= 4 is 17.6 Å². The molecule has 1 amide bonds. The minimum atomic E-state index is -0.511. The summed E-state index contributed by atoms with van der Waals surface area (Å²) < 4.78 is 10.1. The van der Waals surface area contributed by atoms with E-state index in [-0.39, 0.29) is 17.5 Å². The van der Waals surface area contributed by atoms with Gasteiger partial charge >= 0.3 is 5.97 Å². The molecule has 26 heavy (non-hydrogen) atoms. The molecule has 2 aromatic carbocycles. The maximum absolute atomic E-state index is 13.4. The van der Waals surface area contributed by atoms with Crippen LogP contribution < -0.4 is 9.64 Å². The monoisotopic (exact) mass is 353 g/mol. The quantitative estimate of drug-likeness (QED) is 0.739. The minimum absolute atomic E-state index is 0.0431. The molecule has 1 aliphatic carbocycles. The maximum Gasteiger partial charge on any atom is 0.338 e. The standard InChI is InChI=1S/C21H23NO4/c1-14(15-8-9-15)22(16-10-12-17(25-2)13-11-16)20(23)18-6-4-5-7-19(18)21(24)26-3/h4-7,10-15H,8-9H2,1-3H3. The summed E-state index contributed by atoms with van der Waals surface area (Å²) in [7, 11) is 2.93. The Morgan fingerprint density at radius 3 is 2.15 bits per heavy atom. The highest BCUT2D eigenvalue weighted by Crippen LogP contribution is 2.38. The fraction of sp³-hybridized carbons (Fsp3) is 0.333. The first-order valence-electron chi connectivity index (χ1n) is 8.71. The Balaban J connectivity index is 2.01. The van der Waals surface area contributed by atoms with Gasteiger partial charge in [-0.05, 0) is 62.1 Å². The lowest BCUT2D eigenvalue weighted by Gasteiger charge is -2.30. The van der Waals surface area contributed by atoms with E-state index in [1.54, 1.807) is 36.3 Å². The lowest BCUT2D eigenvalue weighted by molar-refractivity contribution is 0.0597. The molecule has 0 saturated heterocycles. The lowest BCUT2D eigenvalue weighted by atomic mass is 10.0. The molecule has 0 heterocycles.